The van der Waals surface area contributed by atoms with E-state index in [4.69, 9.17) is 10.1 Å². The monoisotopic (exact) mass is 303 g/mol. The Bertz CT molecular complexity index is 704. The first-order valence-electron chi connectivity index (χ1n) is 6.75. The van der Waals surface area contributed by atoms with E-state index >= 15 is 0 Å². The number of carbonyl (C=O) groups excluding carboxylic acids is 1. The SMILES string of the molecule is CCOc1ccc(C(=O)Cn2ccc(=N)cc2)cc1[NH+]([O-])O. The van der Waals surface area contributed by atoms with Crippen molar-refractivity contribution in [3.05, 3.63) is 58.9 Å². The summed E-state index contributed by atoms with van der Waals surface area (Å²) in [5.74, 6) is 0.0334. The van der Waals surface area contributed by atoms with Crippen LogP contribution in [0.1, 0.15) is 17.3 Å². The van der Waals surface area contributed by atoms with Crippen molar-refractivity contribution >= 4 is 11.5 Å². The molecule has 0 bridgehead atoms. The van der Waals surface area contributed by atoms with Crippen LogP contribution < -0.4 is 15.3 Å². The predicted octanol–water partition coefficient (Wildman–Crippen LogP) is 0.653. The maximum Gasteiger partial charge on any atom is 0.206 e. The third kappa shape index (κ3) is 3.79. The lowest BCUT2D eigenvalue weighted by Gasteiger charge is -2.16. The van der Waals surface area contributed by atoms with Crippen molar-refractivity contribution in [2.24, 2.45) is 0 Å². The fourth-order valence-electron chi connectivity index (χ4n) is 1.97. The molecule has 0 spiro atoms. The topological polar surface area (TPSA) is 103 Å². The molecule has 0 aliphatic carbocycles. The Kier molecular flexibility index (Phi) is 5.05. The van der Waals surface area contributed by atoms with Gasteiger partial charge in [-0.15, -0.1) is 0 Å². The molecule has 0 fully saturated rings. The largest absolute Gasteiger partial charge is 0.595 e. The normalized spacial score (nSPS) is 12.0. The summed E-state index contributed by atoms with van der Waals surface area (Å²) in [4.78, 5) is 12.2. The van der Waals surface area contributed by atoms with E-state index in [0.29, 0.717) is 17.5 Å². The number of pyridine rings is 1. The maximum atomic E-state index is 12.2. The molecule has 7 heteroatoms. The van der Waals surface area contributed by atoms with E-state index in [1.54, 1.807) is 42.1 Å². The Balaban J connectivity index is 2.24. The molecule has 1 aromatic carbocycles. The third-order valence-corrected chi connectivity index (χ3v) is 3.05. The average molecular weight is 303 g/mol. The Morgan fingerprint density at radius 3 is 2.64 bits per heavy atom. The van der Waals surface area contributed by atoms with Gasteiger partial charge in [0.25, 0.3) is 0 Å². The van der Waals surface area contributed by atoms with E-state index in [1.807, 2.05) is 0 Å². The van der Waals surface area contributed by atoms with Gasteiger partial charge in [0.2, 0.25) is 5.69 Å². The van der Waals surface area contributed by atoms with E-state index in [9.17, 15) is 15.2 Å². The van der Waals surface area contributed by atoms with Crippen LogP contribution in [0.25, 0.3) is 0 Å². The van der Waals surface area contributed by atoms with Gasteiger partial charge in [0.15, 0.2) is 11.5 Å². The van der Waals surface area contributed by atoms with Crippen molar-refractivity contribution in [3.63, 3.8) is 0 Å². The molecule has 3 N–H and O–H groups in total. The molecule has 2 aromatic rings. The minimum absolute atomic E-state index is 0.0285. The molecule has 2 rings (SSSR count). The molecule has 116 valence electrons. The fourth-order valence-corrected chi connectivity index (χ4v) is 1.97. The van der Waals surface area contributed by atoms with Crippen LogP contribution >= 0.6 is 0 Å². The number of hydrogen-bond donors (Lipinski definition) is 3. The van der Waals surface area contributed by atoms with Gasteiger partial charge in [-0.3, -0.25) is 4.79 Å². The molecule has 1 atom stereocenters. The molecule has 0 amide bonds. The number of hydrogen-bond acceptors (Lipinski definition) is 5. The molecule has 1 unspecified atom stereocenters. The van der Waals surface area contributed by atoms with Gasteiger partial charge in [0, 0.05) is 24.0 Å². The van der Waals surface area contributed by atoms with Gasteiger partial charge in [-0.1, -0.05) is 0 Å². The van der Waals surface area contributed by atoms with Gasteiger partial charge >= 0.3 is 0 Å². The minimum atomic E-state index is -1.13. The summed E-state index contributed by atoms with van der Waals surface area (Å²) >= 11 is 0. The molecule has 0 saturated heterocycles. The third-order valence-electron chi connectivity index (χ3n) is 3.05. The fraction of sp³-hybridized carbons (Fsp3) is 0.200. The van der Waals surface area contributed by atoms with Gasteiger partial charge < -0.3 is 19.9 Å². The average Bonchev–Trinajstić information content (AvgIpc) is 2.50. The maximum absolute atomic E-state index is 12.2. The highest BCUT2D eigenvalue weighted by atomic mass is 16.8. The molecule has 0 radical (unpaired) electrons. The highest BCUT2D eigenvalue weighted by molar-refractivity contribution is 5.96. The van der Waals surface area contributed by atoms with E-state index in [0.717, 1.165) is 0 Å². The van der Waals surface area contributed by atoms with Crippen LogP contribution in [0.2, 0.25) is 0 Å². The zero-order chi connectivity index (χ0) is 16.1. The number of nitrogens with one attached hydrogen (secondary N) is 2. The first-order valence-corrected chi connectivity index (χ1v) is 6.75. The molecule has 0 aliphatic rings. The van der Waals surface area contributed by atoms with Crippen molar-refractivity contribution in [2.45, 2.75) is 13.5 Å². The number of nitrogens with zero attached hydrogens (tertiary/aromatic N) is 1. The second-order valence-electron chi connectivity index (χ2n) is 4.63. The zero-order valence-corrected chi connectivity index (χ0v) is 12.1. The number of quaternary nitrogens is 1. The number of benzene rings is 1. The second kappa shape index (κ2) is 6.99. The molecule has 0 aliphatic heterocycles. The Morgan fingerprint density at radius 1 is 1.36 bits per heavy atom. The molecule has 22 heavy (non-hydrogen) atoms. The smallest absolute Gasteiger partial charge is 0.206 e. The summed E-state index contributed by atoms with van der Waals surface area (Å²) in [5, 5.41) is 27.1. The van der Waals surface area contributed by atoms with Crippen LogP contribution in [0.5, 0.6) is 5.75 Å². The highest BCUT2D eigenvalue weighted by Gasteiger charge is 2.15. The standard InChI is InChI=1S/C15H17N3O4/c1-2-22-15-4-3-11(9-13(15)18(20)21)14(19)10-17-7-5-12(16)6-8-17/h3-9,16,18,20H,2,10H2,1H3. The van der Waals surface area contributed by atoms with Crippen LogP contribution in [-0.2, 0) is 6.54 Å². The summed E-state index contributed by atoms with van der Waals surface area (Å²) in [6.45, 7) is 2.19. The Labute approximate surface area is 127 Å². The molecular formula is C15H17N3O4. The zero-order valence-electron chi connectivity index (χ0n) is 12.1. The van der Waals surface area contributed by atoms with Crippen molar-refractivity contribution in [2.75, 3.05) is 6.61 Å². The minimum Gasteiger partial charge on any atom is -0.595 e. The van der Waals surface area contributed by atoms with Crippen LogP contribution in [-0.4, -0.2) is 22.2 Å². The Morgan fingerprint density at radius 2 is 2.05 bits per heavy atom. The number of carbonyl (C=O) groups is 1. The van der Waals surface area contributed by atoms with Crippen molar-refractivity contribution < 1.29 is 20.0 Å². The summed E-state index contributed by atoms with van der Waals surface area (Å²) in [6.07, 6.45) is 3.26. The van der Waals surface area contributed by atoms with Gasteiger partial charge in [0.1, 0.15) is 0 Å². The molecular weight excluding hydrogens is 286 g/mol. The molecule has 7 nitrogen and oxygen atoms in total. The first kappa shape index (κ1) is 15.9. The van der Waals surface area contributed by atoms with Crippen LogP contribution in [0.4, 0.5) is 5.69 Å². The quantitative estimate of drug-likeness (QED) is 0.538. The lowest BCUT2D eigenvalue weighted by Crippen LogP contribution is -2.99. The molecule has 1 aromatic heterocycles. The van der Waals surface area contributed by atoms with Crippen molar-refractivity contribution in [1.82, 2.24) is 4.57 Å². The van der Waals surface area contributed by atoms with E-state index in [-0.39, 0.29) is 23.8 Å². The number of ether oxygens (including phenoxy) is 1. The van der Waals surface area contributed by atoms with Crippen LogP contribution in [0, 0.1) is 10.6 Å². The number of Topliss-reactive ketones (excluding diaryl/α,β-unsaturated/α-hetero) is 1. The number of rotatable bonds is 6. The summed E-state index contributed by atoms with van der Waals surface area (Å²) in [5.41, 5.74) is 0.280. The van der Waals surface area contributed by atoms with Gasteiger partial charge in [0.05, 0.1) is 18.5 Å². The van der Waals surface area contributed by atoms with Gasteiger partial charge in [-0.25, -0.2) is 5.21 Å². The highest BCUT2D eigenvalue weighted by Crippen LogP contribution is 2.22. The predicted molar refractivity (Wildman–Crippen MR) is 78.0 cm³/mol. The number of aromatic nitrogens is 1. The van der Waals surface area contributed by atoms with Crippen LogP contribution in [0.3, 0.4) is 0 Å². The molecule has 0 saturated carbocycles. The summed E-state index contributed by atoms with van der Waals surface area (Å²) < 4.78 is 6.88. The number of ketones is 1. The lowest BCUT2D eigenvalue weighted by atomic mass is 10.1. The van der Waals surface area contributed by atoms with E-state index in [2.05, 4.69) is 0 Å². The van der Waals surface area contributed by atoms with Crippen LogP contribution in [0.15, 0.2) is 42.7 Å². The van der Waals surface area contributed by atoms with Gasteiger partial charge in [-0.05, 0) is 31.2 Å². The van der Waals surface area contributed by atoms with E-state index < -0.39 is 5.23 Å². The second-order valence-corrected chi connectivity index (χ2v) is 4.63. The van der Waals surface area contributed by atoms with E-state index in [1.165, 1.54) is 12.1 Å². The molecule has 1 heterocycles. The van der Waals surface area contributed by atoms with Gasteiger partial charge in [-0.2, -0.15) is 5.23 Å². The lowest BCUT2D eigenvalue weighted by molar-refractivity contribution is -0.991. The Hall–Kier alpha value is -2.48. The first-order chi connectivity index (χ1) is 10.5. The summed E-state index contributed by atoms with van der Waals surface area (Å²) in [7, 11) is 0. The van der Waals surface area contributed by atoms with Crippen molar-refractivity contribution in [1.29, 1.82) is 5.41 Å². The summed E-state index contributed by atoms with van der Waals surface area (Å²) in [6, 6.07) is 7.54. The van der Waals surface area contributed by atoms with Crippen molar-refractivity contribution in [3.8, 4) is 5.75 Å².